The van der Waals surface area contributed by atoms with E-state index in [0.717, 1.165) is 5.56 Å². The first-order chi connectivity index (χ1) is 9.72. The number of anilines is 1. The van der Waals surface area contributed by atoms with Crippen molar-refractivity contribution >= 4 is 40.1 Å². The van der Waals surface area contributed by atoms with Crippen LogP contribution in [0.5, 0.6) is 0 Å². The molecule has 100 valence electrons. The summed E-state index contributed by atoms with van der Waals surface area (Å²) in [5.74, 6) is 0.540. The van der Waals surface area contributed by atoms with Gasteiger partial charge in [0.15, 0.2) is 11.0 Å². The summed E-state index contributed by atoms with van der Waals surface area (Å²) in [6, 6.07) is 9.17. The predicted molar refractivity (Wildman–Crippen MR) is 81.1 cm³/mol. The summed E-state index contributed by atoms with van der Waals surface area (Å²) in [5.41, 5.74) is 2.51. The second-order valence-electron chi connectivity index (χ2n) is 4.21. The summed E-state index contributed by atoms with van der Waals surface area (Å²) in [6.45, 7) is 0.600. The van der Waals surface area contributed by atoms with Gasteiger partial charge in [-0.2, -0.15) is 0 Å². The second kappa shape index (κ2) is 5.61. The van der Waals surface area contributed by atoms with E-state index in [-0.39, 0.29) is 0 Å². The molecule has 2 aromatic heterocycles. The minimum atomic E-state index is 0.342. The van der Waals surface area contributed by atoms with Gasteiger partial charge in [0.05, 0.1) is 11.0 Å². The van der Waals surface area contributed by atoms with Crippen molar-refractivity contribution in [2.75, 3.05) is 5.32 Å². The Kier molecular flexibility index (Phi) is 3.67. The number of rotatable bonds is 3. The molecule has 0 radical (unpaired) electrons. The molecule has 0 aliphatic rings. The van der Waals surface area contributed by atoms with Crippen molar-refractivity contribution in [3.8, 4) is 0 Å². The van der Waals surface area contributed by atoms with Crippen molar-refractivity contribution in [2.45, 2.75) is 6.54 Å². The molecule has 0 spiro atoms. The van der Waals surface area contributed by atoms with Gasteiger partial charge in [-0.1, -0.05) is 23.2 Å². The molecule has 3 rings (SSSR count). The highest BCUT2D eigenvalue weighted by atomic mass is 35.5. The zero-order valence-electron chi connectivity index (χ0n) is 10.3. The zero-order valence-corrected chi connectivity index (χ0v) is 11.9. The van der Waals surface area contributed by atoms with Gasteiger partial charge in [-0.05, 0) is 35.9 Å². The lowest BCUT2D eigenvalue weighted by atomic mass is 10.2. The fourth-order valence-electron chi connectivity index (χ4n) is 1.80. The van der Waals surface area contributed by atoms with E-state index in [1.165, 1.54) is 0 Å². The van der Waals surface area contributed by atoms with E-state index in [1.807, 2.05) is 12.1 Å². The summed E-state index contributed by atoms with van der Waals surface area (Å²) in [7, 11) is 0. The maximum absolute atomic E-state index is 6.13. The van der Waals surface area contributed by atoms with Crippen LogP contribution < -0.4 is 5.32 Å². The van der Waals surface area contributed by atoms with Gasteiger partial charge in [0, 0.05) is 24.0 Å². The van der Waals surface area contributed by atoms with Crippen molar-refractivity contribution in [3.05, 3.63) is 58.5 Å². The van der Waals surface area contributed by atoms with Crippen molar-refractivity contribution in [2.24, 2.45) is 0 Å². The summed E-state index contributed by atoms with van der Waals surface area (Å²) in [5, 5.41) is 4.13. The van der Waals surface area contributed by atoms with Crippen LogP contribution >= 0.6 is 23.2 Å². The van der Waals surface area contributed by atoms with E-state index in [1.54, 1.807) is 30.6 Å². The Labute approximate surface area is 125 Å². The van der Waals surface area contributed by atoms with Crippen LogP contribution in [0.15, 0.2) is 42.7 Å². The van der Waals surface area contributed by atoms with Crippen molar-refractivity contribution < 1.29 is 0 Å². The first kappa shape index (κ1) is 13.1. The Morgan fingerprint density at radius 3 is 2.55 bits per heavy atom. The topological polar surface area (TPSA) is 50.7 Å². The van der Waals surface area contributed by atoms with E-state index < -0.39 is 0 Å². The molecule has 3 aromatic rings. The number of hydrogen-bond acceptors (Lipinski definition) is 4. The van der Waals surface area contributed by atoms with Crippen LogP contribution in [-0.2, 0) is 6.54 Å². The van der Waals surface area contributed by atoms with Gasteiger partial charge in [-0.15, -0.1) is 0 Å². The lowest BCUT2D eigenvalue weighted by Crippen LogP contribution is -2.03. The molecule has 1 N–H and O–H groups in total. The molecule has 2 heterocycles. The third-order valence-electron chi connectivity index (χ3n) is 2.79. The van der Waals surface area contributed by atoms with Crippen LogP contribution in [0.3, 0.4) is 0 Å². The van der Waals surface area contributed by atoms with Crippen LogP contribution in [0.1, 0.15) is 5.56 Å². The minimum absolute atomic E-state index is 0.342. The number of pyridine rings is 1. The van der Waals surface area contributed by atoms with E-state index in [9.17, 15) is 0 Å². The fraction of sp³-hybridized carbons (Fsp3) is 0.0714. The molecule has 0 aliphatic carbocycles. The molecule has 0 aliphatic heterocycles. The Morgan fingerprint density at radius 1 is 0.950 bits per heavy atom. The molecular weight excluding hydrogens is 295 g/mol. The van der Waals surface area contributed by atoms with Gasteiger partial charge in [0.1, 0.15) is 0 Å². The largest absolute Gasteiger partial charge is 0.363 e. The lowest BCUT2D eigenvalue weighted by molar-refractivity contribution is 1.09. The number of nitrogens with one attached hydrogen (secondary N) is 1. The molecule has 0 atom stereocenters. The normalized spacial score (nSPS) is 10.7. The zero-order chi connectivity index (χ0) is 13.9. The monoisotopic (exact) mass is 304 g/mol. The SMILES string of the molecule is Clc1ccc2nc(Cl)c(NCc3ccncc3)nc2c1. The minimum Gasteiger partial charge on any atom is -0.363 e. The summed E-state index contributed by atoms with van der Waals surface area (Å²) >= 11 is 12.1. The van der Waals surface area contributed by atoms with Gasteiger partial charge in [0.25, 0.3) is 0 Å². The van der Waals surface area contributed by atoms with Crippen LogP contribution in [0.2, 0.25) is 10.2 Å². The quantitative estimate of drug-likeness (QED) is 0.796. The Hall–Kier alpha value is -1.91. The van der Waals surface area contributed by atoms with Crippen LogP contribution in [0, 0.1) is 0 Å². The second-order valence-corrected chi connectivity index (χ2v) is 5.00. The highest BCUT2D eigenvalue weighted by molar-refractivity contribution is 6.32. The van der Waals surface area contributed by atoms with Crippen LogP contribution in [0.25, 0.3) is 11.0 Å². The van der Waals surface area contributed by atoms with Crippen molar-refractivity contribution in [1.82, 2.24) is 15.0 Å². The smallest absolute Gasteiger partial charge is 0.172 e. The van der Waals surface area contributed by atoms with Gasteiger partial charge >= 0.3 is 0 Å². The van der Waals surface area contributed by atoms with Crippen LogP contribution in [-0.4, -0.2) is 15.0 Å². The van der Waals surface area contributed by atoms with Crippen LogP contribution in [0.4, 0.5) is 5.82 Å². The van der Waals surface area contributed by atoms with Gasteiger partial charge in [-0.25, -0.2) is 9.97 Å². The molecule has 0 fully saturated rings. The number of nitrogens with zero attached hydrogens (tertiary/aromatic N) is 3. The third-order valence-corrected chi connectivity index (χ3v) is 3.29. The number of hydrogen-bond donors (Lipinski definition) is 1. The highest BCUT2D eigenvalue weighted by Gasteiger charge is 2.07. The molecule has 4 nitrogen and oxygen atoms in total. The molecule has 0 unspecified atom stereocenters. The van der Waals surface area contributed by atoms with E-state index in [2.05, 4.69) is 20.3 Å². The number of halogens is 2. The fourth-order valence-corrected chi connectivity index (χ4v) is 2.17. The molecule has 20 heavy (non-hydrogen) atoms. The molecule has 0 saturated heterocycles. The van der Waals surface area contributed by atoms with Gasteiger partial charge in [0.2, 0.25) is 0 Å². The number of benzene rings is 1. The molecule has 1 aromatic carbocycles. The van der Waals surface area contributed by atoms with Gasteiger partial charge < -0.3 is 5.32 Å². The predicted octanol–water partition coefficient (Wildman–Crippen LogP) is 3.94. The maximum Gasteiger partial charge on any atom is 0.172 e. The molecule has 0 amide bonds. The standard InChI is InChI=1S/C14H10Cl2N4/c15-10-1-2-11-12(7-10)20-14(13(16)19-11)18-8-9-3-5-17-6-4-9/h1-7H,8H2,(H,18,20). The Balaban J connectivity index is 1.89. The number of fused-ring (bicyclic) bond motifs is 1. The maximum atomic E-state index is 6.13. The molecular formula is C14H10Cl2N4. The lowest BCUT2D eigenvalue weighted by Gasteiger charge is -2.08. The van der Waals surface area contributed by atoms with E-state index >= 15 is 0 Å². The summed E-state index contributed by atoms with van der Waals surface area (Å²) in [4.78, 5) is 12.7. The molecule has 0 saturated carbocycles. The van der Waals surface area contributed by atoms with Crippen molar-refractivity contribution in [3.63, 3.8) is 0 Å². The summed E-state index contributed by atoms with van der Waals surface area (Å²) < 4.78 is 0. The number of aromatic nitrogens is 3. The van der Waals surface area contributed by atoms with E-state index in [0.29, 0.717) is 33.6 Å². The average Bonchev–Trinajstić information content (AvgIpc) is 2.46. The third kappa shape index (κ3) is 2.81. The molecule has 6 heteroatoms. The first-order valence-electron chi connectivity index (χ1n) is 5.98. The highest BCUT2D eigenvalue weighted by Crippen LogP contribution is 2.23. The molecule has 0 bridgehead atoms. The van der Waals surface area contributed by atoms with Crippen molar-refractivity contribution in [1.29, 1.82) is 0 Å². The van der Waals surface area contributed by atoms with Gasteiger partial charge in [-0.3, -0.25) is 4.98 Å². The van der Waals surface area contributed by atoms with E-state index in [4.69, 9.17) is 23.2 Å². The summed E-state index contributed by atoms with van der Waals surface area (Å²) in [6.07, 6.45) is 3.48. The first-order valence-corrected chi connectivity index (χ1v) is 6.73. The average molecular weight is 305 g/mol. The Morgan fingerprint density at radius 2 is 1.75 bits per heavy atom. The Bertz CT molecular complexity index is 747.